The summed E-state index contributed by atoms with van der Waals surface area (Å²) < 4.78 is 5.50. The van der Waals surface area contributed by atoms with Crippen molar-refractivity contribution in [3.05, 3.63) is 42.1 Å². The Hall–Kier alpha value is -1.45. The summed E-state index contributed by atoms with van der Waals surface area (Å²) in [7, 11) is 0. The lowest BCUT2D eigenvalue weighted by Gasteiger charge is -2.19. The molecule has 2 rings (SSSR count). The smallest absolute Gasteiger partial charge is 0.0705 e. The van der Waals surface area contributed by atoms with Gasteiger partial charge >= 0.3 is 0 Å². The molecule has 1 heterocycles. The second-order valence-corrected chi connectivity index (χ2v) is 4.95. The average molecular weight is 272 g/mol. The van der Waals surface area contributed by atoms with E-state index in [1.807, 2.05) is 19.2 Å². The minimum atomic E-state index is 0.341. The van der Waals surface area contributed by atoms with Crippen LogP contribution in [0.15, 0.2) is 36.5 Å². The molecule has 0 spiro atoms. The van der Waals surface area contributed by atoms with Crippen LogP contribution in [0.1, 0.15) is 38.3 Å². The van der Waals surface area contributed by atoms with Crippen molar-refractivity contribution in [3.63, 3.8) is 0 Å². The second-order valence-electron chi connectivity index (χ2n) is 4.95. The van der Waals surface area contributed by atoms with Gasteiger partial charge in [-0.1, -0.05) is 25.1 Å². The highest BCUT2D eigenvalue weighted by Crippen LogP contribution is 2.21. The number of nitrogens with zero attached hydrogens (tertiary/aromatic N) is 1. The van der Waals surface area contributed by atoms with Crippen LogP contribution in [0.5, 0.6) is 0 Å². The summed E-state index contributed by atoms with van der Waals surface area (Å²) in [4.78, 5) is 4.44. The molecule has 0 aliphatic rings. The molecular weight excluding hydrogens is 248 g/mol. The quantitative estimate of drug-likeness (QED) is 0.744. The molecule has 1 aromatic carbocycles. The molecule has 0 saturated carbocycles. The van der Waals surface area contributed by atoms with Gasteiger partial charge in [0.1, 0.15) is 0 Å². The van der Waals surface area contributed by atoms with Gasteiger partial charge in [0.25, 0.3) is 0 Å². The SMILES string of the molecule is CCCNC(CCOCC)c1ccc2cccnc2c1. The summed E-state index contributed by atoms with van der Waals surface area (Å²) in [5.41, 5.74) is 2.36. The molecule has 20 heavy (non-hydrogen) atoms. The van der Waals surface area contributed by atoms with Crippen molar-refractivity contribution in [3.8, 4) is 0 Å². The number of rotatable bonds is 8. The fourth-order valence-electron chi connectivity index (χ4n) is 2.35. The number of aromatic nitrogens is 1. The molecule has 2 aromatic rings. The summed E-state index contributed by atoms with van der Waals surface area (Å²) in [5, 5.41) is 4.79. The third kappa shape index (κ3) is 4.02. The van der Waals surface area contributed by atoms with Crippen LogP contribution in [0.4, 0.5) is 0 Å². The van der Waals surface area contributed by atoms with Crippen molar-refractivity contribution in [1.29, 1.82) is 0 Å². The molecule has 108 valence electrons. The van der Waals surface area contributed by atoms with Gasteiger partial charge in [0, 0.05) is 30.8 Å². The van der Waals surface area contributed by atoms with Crippen LogP contribution < -0.4 is 5.32 Å². The van der Waals surface area contributed by atoms with E-state index in [0.717, 1.165) is 38.1 Å². The minimum Gasteiger partial charge on any atom is -0.382 e. The zero-order chi connectivity index (χ0) is 14.2. The Labute approximate surface area is 121 Å². The van der Waals surface area contributed by atoms with Crippen LogP contribution in [0.3, 0.4) is 0 Å². The molecular formula is C17H24N2O. The zero-order valence-electron chi connectivity index (χ0n) is 12.4. The largest absolute Gasteiger partial charge is 0.382 e. The molecule has 0 aliphatic carbocycles. The fraction of sp³-hybridized carbons (Fsp3) is 0.471. The van der Waals surface area contributed by atoms with Crippen molar-refractivity contribution in [2.45, 2.75) is 32.7 Å². The van der Waals surface area contributed by atoms with Gasteiger partial charge in [-0.05, 0) is 44.0 Å². The minimum absolute atomic E-state index is 0.341. The van der Waals surface area contributed by atoms with Gasteiger partial charge in [-0.3, -0.25) is 4.98 Å². The van der Waals surface area contributed by atoms with E-state index in [2.05, 4.69) is 41.5 Å². The van der Waals surface area contributed by atoms with E-state index in [9.17, 15) is 0 Å². The van der Waals surface area contributed by atoms with Crippen LogP contribution in [-0.4, -0.2) is 24.7 Å². The third-order valence-corrected chi connectivity index (χ3v) is 3.43. The molecule has 0 saturated heterocycles. The molecule has 0 bridgehead atoms. The molecule has 1 N–H and O–H groups in total. The highest BCUT2D eigenvalue weighted by Gasteiger charge is 2.11. The summed E-state index contributed by atoms with van der Waals surface area (Å²) >= 11 is 0. The lowest BCUT2D eigenvalue weighted by Crippen LogP contribution is -2.23. The van der Waals surface area contributed by atoms with E-state index in [0.29, 0.717) is 6.04 Å². The molecule has 0 amide bonds. The molecule has 1 atom stereocenters. The van der Waals surface area contributed by atoms with Crippen LogP contribution in [-0.2, 0) is 4.74 Å². The van der Waals surface area contributed by atoms with E-state index < -0.39 is 0 Å². The number of fused-ring (bicyclic) bond motifs is 1. The van der Waals surface area contributed by atoms with Crippen molar-refractivity contribution < 1.29 is 4.74 Å². The molecule has 0 aliphatic heterocycles. The Morgan fingerprint density at radius 1 is 1.25 bits per heavy atom. The van der Waals surface area contributed by atoms with E-state index >= 15 is 0 Å². The standard InChI is InChI=1S/C17H24N2O/c1-3-10-18-16(9-12-20-4-2)15-8-7-14-6-5-11-19-17(14)13-15/h5-8,11,13,16,18H,3-4,9-10,12H2,1-2H3. The maximum atomic E-state index is 5.50. The predicted octanol–water partition coefficient (Wildman–Crippen LogP) is 3.70. The van der Waals surface area contributed by atoms with Gasteiger partial charge in [-0.15, -0.1) is 0 Å². The van der Waals surface area contributed by atoms with Gasteiger partial charge in [0.2, 0.25) is 0 Å². The lowest BCUT2D eigenvalue weighted by molar-refractivity contribution is 0.136. The monoisotopic (exact) mass is 272 g/mol. The first kappa shape index (κ1) is 14.9. The topological polar surface area (TPSA) is 34.1 Å². The Morgan fingerprint density at radius 2 is 2.15 bits per heavy atom. The number of benzene rings is 1. The van der Waals surface area contributed by atoms with Crippen molar-refractivity contribution in [2.75, 3.05) is 19.8 Å². The first-order chi connectivity index (χ1) is 9.85. The van der Waals surface area contributed by atoms with Crippen molar-refractivity contribution in [2.24, 2.45) is 0 Å². The Bertz CT molecular complexity index is 527. The van der Waals surface area contributed by atoms with Crippen LogP contribution >= 0.6 is 0 Å². The number of hydrogen-bond acceptors (Lipinski definition) is 3. The zero-order valence-corrected chi connectivity index (χ0v) is 12.4. The van der Waals surface area contributed by atoms with Gasteiger partial charge < -0.3 is 10.1 Å². The molecule has 0 fully saturated rings. The van der Waals surface area contributed by atoms with E-state index in [4.69, 9.17) is 4.74 Å². The van der Waals surface area contributed by atoms with Gasteiger partial charge in [0.05, 0.1) is 5.52 Å². The Balaban J connectivity index is 2.15. The molecule has 1 unspecified atom stereocenters. The van der Waals surface area contributed by atoms with E-state index in [-0.39, 0.29) is 0 Å². The van der Waals surface area contributed by atoms with Crippen LogP contribution in [0.2, 0.25) is 0 Å². The van der Waals surface area contributed by atoms with Crippen molar-refractivity contribution in [1.82, 2.24) is 10.3 Å². The van der Waals surface area contributed by atoms with Crippen LogP contribution in [0, 0.1) is 0 Å². The molecule has 1 aromatic heterocycles. The van der Waals surface area contributed by atoms with Crippen LogP contribution in [0.25, 0.3) is 10.9 Å². The summed E-state index contributed by atoms with van der Waals surface area (Å²) in [6.45, 7) is 6.82. The van der Waals surface area contributed by atoms with Gasteiger partial charge in [-0.25, -0.2) is 0 Å². The number of pyridine rings is 1. The first-order valence-corrected chi connectivity index (χ1v) is 7.51. The normalized spacial score (nSPS) is 12.7. The highest BCUT2D eigenvalue weighted by atomic mass is 16.5. The van der Waals surface area contributed by atoms with E-state index in [1.165, 1.54) is 10.9 Å². The highest BCUT2D eigenvalue weighted by molar-refractivity contribution is 5.78. The Morgan fingerprint density at radius 3 is 2.95 bits per heavy atom. The summed E-state index contributed by atoms with van der Waals surface area (Å²) in [6, 6.07) is 11.0. The molecule has 3 heteroatoms. The predicted molar refractivity (Wildman–Crippen MR) is 83.9 cm³/mol. The van der Waals surface area contributed by atoms with E-state index in [1.54, 1.807) is 0 Å². The number of ether oxygens (including phenoxy) is 1. The van der Waals surface area contributed by atoms with Gasteiger partial charge in [0.15, 0.2) is 0 Å². The Kier molecular flexibility index (Phi) is 5.96. The molecule has 0 radical (unpaired) electrons. The maximum absolute atomic E-state index is 5.50. The maximum Gasteiger partial charge on any atom is 0.0705 e. The second kappa shape index (κ2) is 7.98. The first-order valence-electron chi connectivity index (χ1n) is 7.51. The third-order valence-electron chi connectivity index (χ3n) is 3.43. The number of nitrogens with one attached hydrogen (secondary N) is 1. The fourth-order valence-corrected chi connectivity index (χ4v) is 2.35. The summed E-state index contributed by atoms with van der Waals surface area (Å²) in [6.07, 6.45) is 3.98. The average Bonchev–Trinajstić information content (AvgIpc) is 2.50. The molecule has 3 nitrogen and oxygen atoms in total. The van der Waals surface area contributed by atoms with Crippen molar-refractivity contribution >= 4 is 10.9 Å². The number of hydrogen-bond donors (Lipinski definition) is 1. The van der Waals surface area contributed by atoms with Gasteiger partial charge in [-0.2, -0.15) is 0 Å². The summed E-state index contributed by atoms with van der Waals surface area (Å²) in [5.74, 6) is 0. The lowest BCUT2D eigenvalue weighted by atomic mass is 10.0.